The summed E-state index contributed by atoms with van der Waals surface area (Å²) in [6, 6.07) is 0.236. The van der Waals surface area contributed by atoms with E-state index in [0.29, 0.717) is 6.42 Å². The summed E-state index contributed by atoms with van der Waals surface area (Å²) in [6.45, 7) is 2.04. The van der Waals surface area contributed by atoms with Gasteiger partial charge in [-0.15, -0.1) is 12.4 Å². The maximum Gasteiger partial charge on any atom is 0.305 e. The smallest absolute Gasteiger partial charge is 0.305 e. The van der Waals surface area contributed by atoms with Crippen molar-refractivity contribution in [1.29, 1.82) is 0 Å². The predicted octanol–water partition coefficient (Wildman–Crippen LogP) is 1.49. The molecule has 4 heteroatoms. The first-order chi connectivity index (χ1) is 5.20. The zero-order valence-electron chi connectivity index (χ0n) is 7.71. The average molecular weight is 196 g/mol. The number of carbonyl (C=O) groups excluding carboxylic acids is 1. The molecule has 0 aromatic rings. The van der Waals surface area contributed by atoms with Crippen LogP contribution in [0.3, 0.4) is 0 Å². The highest BCUT2D eigenvalue weighted by atomic mass is 35.5. The van der Waals surface area contributed by atoms with Crippen LogP contribution in [0.4, 0.5) is 0 Å². The van der Waals surface area contributed by atoms with E-state index in [9.17, 15) is 4.79 Å². The van der Waals surface area contributed by atoms with Crippen molar-refractivity contribution in [2.75, 3.05) is 7.11 Å². The Balaban J connectivity index is 0. The van der Waals surface area contributed by atoms with Crippen LogP contribution in [0, 0.1) is 0 Å². The van der Waals surface area contributed by atoms with E-state index in [1.807, 2.05) is 6.92 Å². The van der Waals surface area contributed by atoms with Gasteiger partial charge in [0.15, 0.2) is 0 Å². The Morgan fingerprint density at radius 2 is 2.17 bits per heavy atom. The highest BCUT2D eigenvalue weighted by Gasteiger charge is 2.02. The third-order valence-corrected chi connectivity index (χ3v) is 1.71. The number of methoxy groups -OCH3 is 1. The van der Waals surface area contributed by atoms with E-state index in [1.165, 1.54) is 7.11 Å². The molecule has 0 aliphatic carbocycles. The molecule has 2 N–H and O–H groups in total. The summed E-state index contributed by atoms with van der Waals surface area (Å²) in [4.78, 5) is 10.6. The van der Waals surface area contributed by atoms with Crippen LogP contribution in [0.15, 0.2) is 0 Å². The number of nitrogens with two attached hydrogens (primary N) is 1. The van der Waals surface area contributed by atoms with Gasteiger partial charge in [0, 0.05) is 12.5 Å². The number of rotatable bonds is 5. The van der Waals surface area contributed by atoms with Gasteiger partial charge in [0.05, 0.1) is 7.11 Å². The molecule has 0 saturated carbocycles. The lowest BCUT2D eigenvalue weighted by atomic mass is 10.1. The number of ether oxygens (including phenoxy) is 1. The number of carbonyl (C=O) groups is 1. The topological polar surface area (TPSA) is 52.3 Å². The molecule has 0 saturated heterocycles. The fourth-order valence-electron chi connectivity index (χ4n) is 0.815. The van der Waals surface area contributed by atoms with Crippen molar-refractivity contribution in [2.24, 2.45) is 5.73 Å². The molecular weight excluding hydrogens is 178 g/mol. The fraction of sp³-hybridized carbons (Fsp3) is 0.875. The molecule has 3 nitrogen and oxygen atoms in total. The van der Waals surface area contributed by atoms with Crippen molar-refractivity contribution in [1.82, 2.24) is 0 Å². The van der Waals surface area contributed by atoms with Crippen LogP contribution in [0.2, 0.25) is 0 Å². The maximum atomic E-state index is 10.6. The van der Waals surface area contributed by atoms with Crippen LogP contribution in [0.25, 0.3) is 0 Å². The molecule has 0 aliphatic heterocycles. The van der Waals surface area contributed by atoms with Crippen LogP contribution >= 0.6 is 12.4 Å². The molecule has 0 aromatic heterocycles. The van der Waals surface area contributed by atoms with Crippen molar-refractivity contribution in [3.63, 3.8) is 0 Å². The van der Waals surface area contributed by atoms with Gasteiger partial charge in [-0.2, -0.15) is 0 Å². The summed E-state index contributed by atoms with van der Waals surface area (Å²) in [5, 5.41) is 0. The Labute approximate surface area is 80.1 Å². The highest BCUT2D eigenvalue weighted by molar-refractivity contribution is 5.85. The minimum absolute atomic E-state index is 0. The van der Waals surface area contributed by atoms with Crippen LogP contribution in [-0.4, -0.2) is 19.1 Å². The van der Waals surface area contributed by atoms with Gasteiger partial charge in [-0.1, -0.05) is 6.92 Å². The summed E-state index contributed by atoms with van der Waals surface area (Å²) in [7, 11) is 1.40. The monoisotopic (exact) mass is 195 g/mol. The Kier molecular flexibility index (Phi) is 10.5. The van der Waals surface area contributed by atoms with E-state index >= 15 is 0 Å². The number of halogens is 1. The molecule has 0 amide bonds. The molecule has 74 valence electrons. The molecule has 0 aromatic carbocycles. The van der Waals surface area contributed by atoms with E-state index in [-0.39, 0.29) is 24.4 Å². The van der Waals surface area contributed by atoms with Crippen molar-refractivity contribution in [3.8, 4) is 0 Å². The average Bonchev–Trinajstić information content (AvgIpc) is 2.04. The van der Waals surface area contributed by atoms with E-state index in [0.717, 1.165) is 19.3 Å². The van der Waals surface area contributed by atoms with Crippen LogP contribution < -0.4 is 5.73 Å². The van der Waals surface area contributed by atoms with Gasteiger partial charge in [-0.3, -0.25) is 4.79 Å². The molecule has 0 spiro atoms. The van der Waals surface area contributed by atoms with E-state index in [1.54, 1.807) is 0 Å². The first kappa shape index (κ1) is 14.3. The van der Waals surface area contributed by atoms with E-state index in [4.69, 9.17) is 5.73 Å². The molecular formula is C8H18ClNO2. The van der Waals surface area contributed by atoms with Crippen molar-refractivity contribution >= 4 is 18.4 Å². The van der Waals surface area contributed by atoms with Gasteiger partial charge >= 0.3 is 5.97 Å². The largest absolute Gasteiger partial charge is 0.469 e. The van der Waals surface area contributed by atoms with Crippen molar-refractivity contribution < 1.29 is 9.53 Å². The summed E-state index contributed by atoms with van der Waals surface area (Å²) in [6.07, 6.45) is 3.21. The third-order valence-electron chi connectivity index (χ3n) is 1.71. The van der Waals surface area contributed by atoms with Gasteiger partial charge < -0.3 is 10.5 Å². The zero-order valence-corrected chi connectivity index (χ0v) is 8.52. The molecule has 0 bridgehead atoms. The Morgan fingerprint density at radius 1 is 1.58 bits per heavy atom. The SMILES string of the molecule is CCC(N)CCCC(=O)OC.Cl. The molecule has 0 heterocycles. The highest BCUT2D eigenvalue weighted by Crippen LogP contribution is 2.02. The first-order valence-electron chi connectivity index (χ1n) is 4.03. The van der Waals surface area contributed by atoms with Gasteiger partial charge in [-0.25, -0.2) is 0 Å². The molecule has 0 radical (unpaired) electrons. The normalized spacial score (nSPS) is 11.6. The van der Waals surface area contributed by atoms with Gasteiger partial charge in [0.1, 0.15) is 0 Å². The Morgan fingerprint density at radius 3 is 2.58 bits per heavy atom. The van der Waals surface area contributed by atoms with Crippen molar-refractivity contribution in [3.05, 3.63) is 0 Å². The number of esters is 1. The Bertz CT molecular complexity index is 120. The van der Waals surface area contributed by atoms with E-state index in [2.05, 4.69) is 4.74 Å². The number of hydrogen-bond donors (Lipinski definition) is 1. The maximum absolute atomic E-state index is 10.6. The Hall–Kier alpha value is -0.280. The molecule has 12 heavy (non-hydrogen) atoms. The second kappa shape index (κ2) is 8.81. The molecule has 0 rings (SSSR count). The van der Waals surface area contributed by atoms with Crippen molar-refractivity contribution in [2.45, 2.75) is 38.6 Å². The summed E-state index contributed by atoms with van der Waals surface area (Å²) in [5.74, 6) is -0.145. The molecule has 1 atom stereocenters. The summed E-state index contributed by atoms with van der Waals surface area (Å²) in [5.41, 5.74) is 5.65. The first-order valence-corrected chi connectivity index (χ1v) is 4.03. The minimum Gasteiger partial charge on any atom is -0.469 e. The van der Waals surface area contributed by atoms with Crippen LogP contribution in [-0.2, 0) is 9.53 Å². The zero-order chi connectivity index (χ0) is 8.69. The third kappa shape index (κ3) is 7.82. The standard InChI is InChI=1S/C8H17NO2.ClH/c1-3-7(9)5-4-6-8(10)11-2;/h7H,3-6,9H2,1-2H3;1H. The lowest BCUT2D eigenvalue weighted by molar-refractivity contribution is -0.140. The van der Waals surface area contributed by atoms with Crippen LogP contribution in [0.5, 0.6) is 0 Å². The second-order valence-electron chi connectivity index (χ2n) is 2.64. The van der Waals surface area contributed by atoms with E-state index < -0.39 is 0 Å². The van der Waals surface area contributed by atoms with Gasteiger partial charge in [-0.05, 0) is 19.3 Å². The summed E-state index contributed by atoms with van der Waals surface area (Å²) < 4.78 is 4.49. The molecule has 1 unspecified atom stereocenters. The summed E-state index contributed by atoms with van der Waals surface area (Å²) >= 11 is 0. The molecule has 0 aliphatic rings. The molecule has 0 fully saturated rings. The van der Waals surface area contributed by atoms with Crippen LogP contribution in [0.1, 0.15) is 32.6 Å². The second-order valence-corrected chi connectivity index (χ2v) is 2.64. The lowest BCUT2D eigenvalue weighted by Crippen LogP contribution is -2.18. The minimum atomic E-state index is -0.145. The fourth-order valence-corrected chi connectivity index (χ4v) is 0.815. The quantitative estimate of drug-likeness (QED) is 0.677. The lowest BCUT2D eigenvalue weighted by Gasteiger charge is -2.06. The predicted molar refractivity (Wildman–Crippen MR) is 51.4 cm³/mol. The van der Waals surface area contributed by atoms with Gasteiger partial charge in [0.25, 0.3) is 0 Å². The van der Waals surface area contributed by atoms with Gasteiger partial charge in [0.2, 0.25) is 0 Å². The number of hydrogen-bond acceptors (Lipinski definition) is 3.